The van der Waals surface area contributed by atoms with Gasteiger partial charge in [0.15, 0.2) is 0 Å². The number of aliphatic carboxylic acids is 1. The van der Waals surface area contributed by atoms with Crippen molar-refractivity contribution < 1.29 is 14.7 Å². The minimum Gasteiger partial charge on any atom is -0.480 e. The molecule has 1 heterocycles. The first kappa shape index (κ1) is 16.4. The molecule has 0 saturated heterocycles. The lowest BCUT2D eigenvalue weighted by molar-refractivity contribution is -0.137. The number of carbonyl (C=O) groups is 2. The van der Waals surface area contributed by atoms with E-state index in [9.17, 15) is 14.4 Å². The Bertz CT molecular complexity index is 655. The molecule has 0 spiro atoms. The van der Waals surface area contributed by atoms with Gasteiger partial charge in [0.2, 0.25) is 0 Å². The van der Waals surface area contributed by atoms with Crippen molar-refractivity contribution >= 4 is 11.9 Å². The Balaban J connectivity index is 3.26. The molecule has 0 atom stereocenters. The number of terminal acetylenes is 1. The Hall–Kier alpha value is -2.62. The van der Waals surface area contributed by atoms with Crippen molar-refractivity contribution in [3.05, 3.63) is 27.4 Å². The quantitative estimate of drug-likeness (QED) is 0.762. The van der Waals surface area contributed by atoms with Gasteiger partial charge in [0, 0.05) is 5.92 Å². The zero-order valence-electron chi connectivity index (χ0n) is 12.1. The molecule has 1 rings (SSSR count). The highest BCUT2D eigenvalue weighted by molar-refractivity contribution is 5.96. The molecule has 1 amide bonds. The number of carbonyl (C=O) groups excluding carboxylic acids is 1. The number of nitrogens with one attached hydrogen (secondary N) is 1. The number of nitrogens with zero attached hydrogens (tertiary/aromatic N) is 2. The Kier molecular flexibility index (Phi) is 5.24. The molecule has 7 heteroatoms. The zero-order valence-corrected chi connectivity index (χ0v) is 12.1. The predicted octanol–water partition coefficient (Wildman–Crippen LogP) is 0.362. The highest BCUT2D eigenvalue weighted by Gasteiger charge is 2.24. The Morgan fingerprint density at radius 2 is 2.10 bits per heavy atom. The van der Waals surface area contributed by atoms with E-state index < -0.39 is 24.0 Å². The third-order valence-corrected chi connectivity index (χ3v) is 2.77. The van der Waals surface area contributed by atoms with E-state index in [1.807, 2.05) is 13.8 Å². The molecule has 0 saturated carbocycles. The molecule has 112 valence electrons. The van der Waals surface area contributed by atoms with E-state index in [1.54, 1.807) is 0 Å². The minimum absolute atomic E-state index is 0.00128. The lowest BCUT2D eigenvalue weighted by atomic mass is 10.1. The second kappa shape index (κ2) is 6.70. The van der Waals surface area contributed by atoms with Crippen molar-refractivity contribution in [1.29, 1.82) is 0 Å². The fourth-order valence-electron chi connectivity index (χ4n) is 1.76. The molecule has 2 N–H and O–H groups in total. The summed E-state index contributed by atoms with van der Waals surface area (Å²) in [6.07, 6.45) is 5.12. The number of hydrogen-bond donors (Lipinski definition) is 2. The second-order valence-electron chi connectivity index (χ2n) is 4.83. The van der Waals surface area contributed by atoms with Crippen LogP contribution < -0.4 is 5.56 Å². The standard InChI is InChI=1S/C14H17N3O4/c1-5-6-17(7-10(18)19)14(21)11-9(4)15-12(8(2)3)16-13(11)20/h1,8H,6-7H2,2-4H3,(H,18,19)(H,15,16,20). The van der Waals surface area contributed by atoms with E-state index in [-0.39, 0.29) is 23.7 Å². The van der Waals surface area contributed by atoms with Crippen LogP contribution in [0.1, 0.15) is 41.6 Å². The third-order valence-electron chi connectivity index (χ3n) is 2.77. The van der Waals surface area contributed by atoms with Gasteiger partial charge in [-0.3, -0.25) is 14.4 Å². The minimum atomic E-state index is -1.21. The van der Waals surface area contributed by atoms with Gasteiger partial charge < -0.3 is 15.0 Å². The van der Waals surface area contributed by atoms with Gasteiger partial charge in [-0.05, 0) is 6.92 Å². The molecule has 1 aromatic heterocycles. The molecule has 0 unspecified atom stereocenters. The van der Waals surface area contributed by atoms with Crippen LogP contribution in [0.25, 0.3) is 0 Å². The number of aryl methyl sites for hydroxylation is 1. The van der Waals surface area contributed by atoms with Crippen molar-refractivity contribution in [2.75, 3.05) is 13.1 Å². The van der Waals surface area contributed by atoms with E-state index in [1.165, 1.54) is 6.92 Å². The molecule has 0 aromatic carbocycles. The first-order valence-corrected chi connectivity index (χ1v) is 6.33. The molecule has 1 aromatic rings. The predicted molar refractivity (Wildman–Crippen MR) is 76.1 cm³/mol. The van der Waals surface area contributed by atoms with Gasteiger partial charge in [-0.25, -0.2) is 4.98 Å². The molecule has 0 radical (unpaired) electrons. The van der Waals surface area contributed by atoms with Crippen molar-refractivity contribution in [2.45, 2.75) is 26.7 Å². The molecule has 21 heavy (non-hydrogen) atoms. The highest BCUT2D eigenvalue weighted by atomic mass is 16.4. The van der Waals surface area contributed by atoms with Crippen molar-refractivity contribution in [3.8, 4) is 12.3 Å². The Morgan fingerprint density at radius 3 is 2.52 bits per heavy atom. The maximum absolute atomic E-state index is 12.3. The fraction of sp³-hybridized carbons (Fsp3) is 0.429. The smallest absolute Gasteiger partial charge is 0.323 e. The van der Waals surface area contributed by atoms with Crippen LogP contribution in [0.15, 0.2) is 4.79 Å². The maximum atomic E-state index is 12.3. The number of carboxylic acids is 1. The van der Waals surface area contributed by atoms with Gasteiger partial charge >= 0.3 is 5.97 Å². The van der Waals surface area contributed by atoms with E-state index in [0.717, 1.165) is 4.90 Å². The summed E-state index contributed by atoms with van der Waals surface area (Å²) < 4.78 is 0. The van der Waals surface area contributed by atoms with Crippen LogP contribution >= 0.6 is 0 Å². The molecule has 0 aliphatic heterocycles. The number of carboxylic acid groups (broad SMARTS) is 1. The summed E-state index contributed by atoms with van der Waals surface area (Å²) in [6.45, 7) is 4.47. The number of rotatable bonds is 5. The number of H-pyrrole nitrogens is 1. The Morgan fingerprint density at radius 1 is 1.48 bits per heavy atom. The van der Waals surface area contributed by atoms with Crippen molar-refractivity contribution in [1.82, 2.24) is 14.9 Å². The van der Waals surface area contributed by atoms with Gasteiger partial charge in [0.25, 0.3) is 11.5 Å². The molecule has 0 fully saturated rings. The van der Waals surface area contributed by atoms with Crippen LogP contribution in [0.3, 0.4) is 0 Å². The van der Waals surface area contributed by atoms with E-state index in [4.69, 9.17) is 11.5 Å². The first-order valence-electron chi connectivity index (χ1n) is 6.33. The summed E-state index contributed by atoms with van der Waals surface area (Å²) in [7, 11) is 0. The van der Waals surface area contributed by atoms with Gasteiger partial charge in [-0.15, -0.1) is 6.42 Å². The number of aromatic nitrogens is 2. The van der Waals surface area contributed by atoms with Crippen LogP contribution in [-0.4, -0.2) is 44.9 Å². The molecule has 7 nitrogen and oxygen atoms in total. The maximum Gasteiger partial charge on any atom is 0.323 e. The summed E-state index contributed by atoms with van der Waals surface area (Å²) in [6, 6.07) is 0. The molecule has 0 bridgehead atoms. The second-order valence-corrected chi connectivity index (χ2v) is 4.83. The topological polar surface area (TPSA) is 103 Å². The third kappa shape index (κ3) is 3.92. The van der Waals surface area contributed by atoms with Gasteiger partial charge in [0.05, 0.1) is 12.2 Å². The zero-order chi connectivity index (χ0) is 16.2. The summed E-state index contributed by atoms with van der Waals surface area (Å²) >= 11 is 0. The molecule has 0 aliphatic carbocycles. The average Bonchev–Trinajstić information content (AvgIpc) is 2.36. The SMILES string of the molecule is C#CCN(CC(=O)O)C(=O)c1c(C)nc(C(C)C)[nH]c1=O. The monoisotopic (exact) mass is 291 g/mol. The number of aromatic amines is 1. The normalized spacial score (nSPS) is 10.2. The fourth-order valence-corrected chi connectivity index (χ4v) is 1.76. The lowest BCUT2D eigenvalue weighted by Crippen LogP contribution is -2.39. The van der Waals surface area contributed by atoms with Gasteiger partial charge in [0.1, 0.15) is 17.9 Å². The van der Waals surface area contributed by atoms with Crippen LogP contribution in [0.4, 0.5) is 0 Å². The molecular formula is C14H17N3O4. The van der Waals surface area contributed by atoms with Crippen molar-refractivity contribution in [2.24, 2.45) is 0 Å². The van der Waals surface area contributed by atoms with Crippen LogP contribution in [0.2, 0.25) is 0 Å². The summed E-state index contributed by atoms with van der Waals surface area (Å²) in [5.41, 5.74) is -0.528. The van der Waals surface area contributed by atoms with E-state index in [2.05, 4.69) is 15.9 Å². The summed E-state index contributed by atoms with van der Waals surface area (Å²) in [5.74, 6) is 0.723. The van der Waals surface area contributed by atoms with E-state index >= 15 is 0 Å². The largest absolute Gasteiger partial charge is 0.480 e. The number of amides is 1. The van der Waals surface area contributed by atoms with Crippen LogP contribution in [0.5, 0.6) is 0 Å². The van der Waals surface area contributed by atoms with E-state index in [0.29, 0.717) is 5.82 Å². The Labute approximate surface area is 122 Å². The van der Waals surface area contributed by atoms with Crippen LogP contribution in [-0.2, 0) is 4.79 Å². The highest BCUT2D eigenvalue weighted by Crippen LogP contribution is 2.10. The first-order chi connectivity index (χ1) is 9.77. The summed E-state index contributed by atoms with van der Waals surface area (Å²) in [5, 5.41) is 8.80. The van der Waals surface area contributed by atoms with Gasteiger partial charge in [-0.2, -0.15) is 0 Å². The number of hydrogen-bond acceptors (Lipinski definition) is 4. The molecular weight excluding hydrogens is 274 g/mol. The van der Waals surface area contributed by atoms with Crippen molar-refractivity contribution in [3.63, 3.8) is 0 Å². The molecule has 0 aliphatic rings. The summed E-state index contributed by atoms with van der Waals surface area (Å²) in [4.78, 5) is 42.8. The lowest BCUT2D eigenvalue weighted by Gasteiger charge is -2.18. The van der Waals surface area contributed by atoms with Gasteiger partial charge in [-0.1, -0.05) is 19.8 Å². The van der Waals surface area contributed by atoms with Crippen LogP contribution in [0, 0.1) is 19.3 Å². The average molecular weight is 291 g/mol.